The van der Waals surface area contributed by atoms with Gasteiger partial charge in [-0.1, -0.05) is 74.2 Å². The average molecular weight is 473 g/mol. The molecule has 1 N–H and O–H groups in total. The summed E-state index contributed by atoms with van der Waals surface area (Å²) in [5, 5.41) is 7.90. The molecule has 0 atom stereocenters. The van der Waals surface area contributed by atoms with Crippen molar-refractivity contribution in [2.75, 3.05) is 18.4 Å². The van der Waals surface area contributed by atoms with Crippen LogP contribution in [0, 0.1) is 19.8 Å². The van der Waals surface area contributed by atoms with Gasteiger partial charge in [-0.15, -0.1) is 0 Å². The van der Waals surface area contributed by atoms with E-state index in [1.54, 1.807) is 9.58 Å². The van der Waals surface area contributed by atoms with Crippen molar-refractivity contribution in [1.29, 1.82) is 0 Å². The second kappa shape index (κ2) is 11.3. The van der Waals surface area contributed by atoms with E-state index in [-0.39, 0.29) is 24.3 Å². The van der Waals surface area contributed by atoms with Crippen LogP contribution in [0.15, 0.2) is 54.6 Å². The van der Waals surface area contributed by atoms with Crippen molar-refractivity contribution in [2.45, 2.75) is 59.3 Å². The molecule has 0 unspecified atom stereocenters. The molecular weight excluding hydrogens is 436 g/mol. The Morgan fingerprint density at radius 2 is 1.80 bits per heavy atom. The molecule has 0 spiro atoms. The molecule has 1 fully saturated rings. The van der Waals surface area contributed by atoms with Crippen LogP contribution in [0.2, 0.25) is 0 Å². The Morgan fingerprint density at radius 3 is 2.49 bits per heavy atom. The van der Waals surface area contributed by atoms with E-state index in [0.29, 0.717) is 12.4 Å². The quantitative estimate of drug-likeness (QED) is 0.421. The van der Waals surface area contributed by atoms with Crippen LogP contribution in [0.4, 0.5) is 5.82 Å². The Balaban J connectivity index is 1.60. The van der Waals surface area contributed by atoms with Crippen LogP contribution in [0.25, 0.3) is 16.9 Å². The van der Waals surface area contributed by atoms with Gasteiger partial charge in [-0.25, -0.2) is 4.68 Å². The van der Waals surface area contributed by atoms with Crippen molar-refractivity contribution in [3.05, 3.63) is 65.7 Å². The molecule has 0 bridgehead atoms. The molecule has 184 valence electrons. The van der Waals surface area contributed by atoms with Gasteiger partial charge in [0.15, 0.2) is 0 Å². The molecule has 1 aromatic heterocycles. The first-order valence-corrected chi connectivity index (χ1v) is 12.8. The number of benzene rings is 2. The van der Waals surface area contributed by atoms with E-state index in [1.165, 1.54) is 5.56 Å². The molecule has 1 saturated carbocycles. The summed E-state index contributed by atoms with van der Waals surface area (Å²) >= 11 is 0. The predicted octanol–water partition coefficient (Wildman–Crippen LogP) is 5.91. The van der Waals surface area contributed by atoms with Crippen molar-refractivity contribution in [3.8, 4) is 16.9 Å². The lowest BCUT2D eigenvalue weighted by Gasteiger charge is -2.25. The zero-order valence-corrected chi connectivity index (χ0v) is 21.1. The van der Waals surface area contributed by atoms with Crippen molar-refractivity contribution in [2.24, 2.45) is 5.92 Å². The van der Waals surface area contributed by atoms with E-state index in [4.69, 9.17) is 5.10 Å². The number of anilines is 1. The van der Waals surface area contributed by atoms with Gasteiger partial charge in [0, 0.05) is 24.1 Å². The monoisotopic (exact) mass is 472 g/mol. The maximum atomic E-state index is 13.2. The van der Waals surface area contributed by atoms with Crippen molar-refractivity contribution in [1.82, 2.24) is 14.7 Å². The normalized spacial score (nSPS) is 13.7. The number of rotatable bonds is 9. The fourth-order valence-corrected chi connectivity index (χ4v) is 4.85. The summed E-state index contributed by atoms with van der Waals surface area (Å²) in [6, 6.07) is 18.0. The fraction of sp³-hybridized carbons (Fsp3) is 0.414. The number of nitrogens with zero attached hydrogens (tertiary/aromatic N) is 3. The third-order valence-electron chi connectivity index (χ3n) is 6.76. The molecule has 0 aliphatic heterocycles. The second-order valence-corrected chi connectivity index (χ2v) is 9.63. The van der Waals surface area contributed by atoms with Gasteiger partial charge in [-0.05, 0) is 44.7 Å². The third-order valence-corrected chi connectivity index (χ3v) is 6.76. The van der Waals surface area contributed by atoms with Gasteiger partial charge >= 0.3 is 0 Å². The third kappa shape index (κ3) is 5.99. The molecular formula is C29H36N4O2. The summed E-state index contributed by atoms with van der Waals surface area (Å²) in [5.74, 6) is 0.589. The number of carbonyl (C=O) groups is 2. The van der Waals surface area contributed by atoms with Crippen LogP contribution in [0.1, 0.15) is 56.6 Å². The van der Waals surface area contributed by atoms with Gasteiger partial charge in [-0.3, -0.25) is 9.59 Å². The van der Waals surface area contributed by atoms with Crippen molar-refractivity contribution >= 4 is 17.6 Å². The van der Waals surface area contributed by atoms with Crippen LogP contribution < -0.4 is 5.32 Å². The maximum absolute atomic E-state index is 13.2. The summed E-state index contributed by atoms with van der Waals surface area (Å²) in [6.45, 7) is 6.89. The van der Waals surface area contributed by atoms with E-state index >= 15 is 0 Å². The van der Waals surface area contributed by atoms with Gasteiger partial charge < -0.3 is 10.2 Å². The summed E-state index contributed by atoms with van der Waals surface area (Å²) in [6.07, 6.45) is 5.94. The first-order chi connectivity index (χ1) is 17.0. The lowest BCUT2D eigenvalue weighted by Crippen LogP contribution is -2.41. The van der Waals surface area contributed by atoms with E-state index in [2.05, 4.69) is 25.2 Å². The Bertz CT molecular complexity index is 1160. The molecule has 2 amide bonds. The minimum atomic E-state index is -0.196. The first kappa shape index (κ1) is 24.7. The summed E-state index contributed by atoms with van der Waals surface area (Å²) in [4.78, 5) is 28.1. The number of aromatic nitrogens is 2. The van der Waals surface area contributed by atoms with E-state index < -0.39 is 0 Å². The molecule has 1 aliphatic rings. The van der Waals surface area contributed by atoms with Gasteiger partial charge in [-0.2, -0.15) is 5.10 Å². The highest BCUT2D eigenvalue weighted by Crippen LogP contribution is 2.28. The molecule has 0 saturated heterocycles. The first-order valence-electron chi connectivity index (χ1n) is 12.8. The highest BCUT2D eigenvalue weighted by Gasteiger charge is 2.28. The molecule has 1 aliphatic carbocycles. The molecule has 6 heteroatoms. The van der Waals surface area contributed by atoms with Crippen LogP contribution in [-0.2, 0) is 9.59 Å². The van der Waals surface area contributed by atoms with Crippen LogP contribution in [-0.4, -0.2) is 39.6 Å². The average Bonchev–Trinajstić information content (AvgIpc) is 3.53. The molecule has 2 aromatic carbocycles. The fourth-order valence-electron chi connectivity index (χ4n) is 4.85. The Labute approximate surface area is 208 Å². The van der Waals surface area contributed by atoms with Crippen LogP contribution >= 0.6 is 0 Å². The standard InChI is InChI=1S/C29H36N4O2/c1-4-5-17-32(29(35)24-13-9-10-14-24)20-28(34)30-27-19-25(23-11-7-6-8-12-23)31-33(27)26-16-15-21(2)18-22(26)3/h6-8,11-12,15-16,18-19,24H,4-5,9-10,13-14,17,20H2,1-3H3,(H,30,34). The van der Waals surface area contributed by atoms with E-state index in [0.717, 1.165) is 61.0 Å². The molecule has 3 aromatic rings. The number of nitrogens with one attached hydrogen (secondary N) is 1. The van der Waals surface area contributed by atoms with Crippen molar-refractivity contribution < 1.29 is 9.59 Å². The minimum absolute atomic E-state index is 0.0603. The summed E-state index contributed by atoms with van der Waals surface area (Å²) in [5.41, 5.74) is 4.92. The highest BCUT2D eigenvalue weighted by atomic mass is 16.2. The second-order valence-electron chi connectivity index (χ2n) is 9.63. The number of aryl methyl sites for hydroxylation is 2. The number of unbranched alkanes of at least 4 members (excludes halogenated alkanes) is 1. The maximum Gasteiger partial charge on any atom is 0.245 e. The number of amides is 2. The lowest BCUT2D eigenvalue weighted by molar-refractivity contribution is -0.138. The largest absolute Gasteiger partial charge is 0.333 e. The summed E-state index contributed by atoms with van der Waals surface area (Å²) < 4.78 is 1.80. The molecule has 6 nitrogen and oxygen atoms in total. The minimum Gasteiger partial charge on any atom is -0.333 e. The van der Waals surface area contributed by atoms with Gasteiger partial charge in [0.25, 0.3) is 0 Å². The Hall–Kier alpha value is -3.41. The highest BCUT2D eigenvalue weighted by molar-refractivity contribution is 5.95. The zero-order valence-electron chi connectivity index (χ0n) is 21.1. The van der Waals surface area contributed by atoms with Crippen LogP contribution in [0.3, 0.4) is 0 Å². The number of hydrogen-bond acceptors (Lipinski definition) is 3. The molecule has 4 rings (SSSR count). The predicted molar refractivity (Wildman–Crippen MR) is 141 cm³/mol. The zero-order chi connectivity index (χ0) is 24.8. The van der Waals surface area contributed by atoms with Gasteiger partial charge in [0.1, 0.15) is 5.82 Å². The SMILES string of the molecule is CCCCN(CC(=O)Nc1cc(-c2ccccc2)nn1-c1ccc(C)cc1C)C(=O)C1CCCC1. The van der Waals surface area contributed by atoms with Crippen molar-refractivity contribution in [3.63, 3.8) is 0 Å². The topological polar surface area (TPSA) is 67.2 Å². The number of hydrogen-bond donors (Lipinski definition) is 1. The Kier molecular flexibility index (Phi) is 8.01. The molecule has 35 heavy (non-hydrogen) atoms. The molecule has 1 heterocycles. The van der Waals surface area contributed by atoms with E-state index in [9.17, 15) is 9.59 Å². The lowest BCUT2D eigenvalue weighted by atomic mass is 10.1. The van der Waals surface area contributed by atoms with E-state index in [1.807, 2.05) is 55.5 Å². The molecule has 0 radical (unpaired) electrons. The Morgan fingerprint density at radius 1 is 1.06 bits per heavy atom. The van der Waals surface area contributed by atoms with Gasteiger partial charge in [0.05, 0.1) is 17.9 Å². The van der Waals surface area contributed by atoms with Gasteiger partial charge in [0.2, 0.25) is 11.8 Å². The number of carbonyl (C=O) groups excluding carboxylic acids is 2. The van der Waals surface area contributed by atoms with Crippen LogP contribution in [0.5, 0.6) is 0 Å². The summed E-state index contributed by atoms with van der Waals surface area (Å²) in [7, 11) is 0. The smallest absolute Gasteiger partial charge is 0.245 e.